The third kappa shape index (κ3) is 4.72. The highest BCUT2D eigenvalue weighted by Gasteiger charge is 2.34. The summed E-state index contributed by atoms with van der Waals surface area (Å²) in [5.41, 5.74) is 0.863. The Kier molecular flexibility index (Phi) is 6.04. The summed E-state index contributed by atoms with van der Waals surface area (Å²) in [5.74, 6) is -0.187. The number of rotatable bonds is 6. The largest absolute Gasteiger partial charge is 0.481 e. The first-order chi connectivity index (χ1) is 11.0. The lowest BCUT2D eigenvalue weighted by Crippen LogP contribution is -2.47. The van der Waals surface area contributed by atoms with Crippen molar-refractivity contribution >= 4 is 29.5 Å². The van der Waals surface area contributed by atoms with Gasteiger partial charge in [-0.25, -0.2) is 0 Å². The van der Waals surface area contributed by atoms with Gasteiger partial charge < -0.3 is 15.3 Å². The second-order valence-corrected chi connectivity index (χ2v) is 6.41. The van der Waals surface area contributed by atoms with Gasteiger partial charge in [0, 0.05) is 19.1 Å². The van der Waals surface area contributed by atoms with Crippen LogP contribution in [-0.4, -0.2) is 45.5 Å². The van der Waals surface area contributed by atoms with Gasteiger partial charge in [-0.1, -0.05) is 30.3 Å². The zero-order chi connectivity index (χ0) is 16.8. The predicted molar refractivity (Wildman–Crippen MR) is 87.8 cm³/mol. The molecular formula is C16H20N2O4S. The fourth-order valence-corrected chi connectivity index (χ4v) is 3.73. The zero-order valence-corrected chi connectivity index (χ0v) is 13.7. The fraction of sp³-hybridized carbons (Fsp3) is 0.438. The predicted octanol–water partition coefficient (Wildman–Crippen LogP) is 1.63. The number of amides is 2. The van der Waals surface area contributed by atoms with Crippen LogP contribution in [-0.2, 0) is 14.4 Å². The van der Waals surface area contributed by atoms with Gasteiger partial charge >= 0.3 is 5.97 Å². The van der Waals surface area contributed by atoms with Crippen molar-refractivity contribution in [2.24, 2.45) is 0 Å². The molecule has 2 rings (SSSR count). The molecule has 1 aromatic carbocycles. The van der Waals surface area contributed by atoms with Crippen LogP contribution in [0.4, 0.5) is 0 Å². The normalized spacial score (nSPS) is 18.5. The van der Waals surface area contributed by atoms with Crippen LogP contribution in [0.3, 0.4) is 0 Å². The zero-order valence-electron chi connectivity index (χ0n) is 12.9. The number of nitrogens with one attached hydrogen (secondary N) is 1. The number of aliphatic carboxylic acids is 1. The highest BCUT2D eigenvalue weighted by Crippen LogP contribution is 2.23. The average molecular weight is 336 g/mol. The Bertz CT molecular complexity index is 579. The van der Waals surface area contributed by atoms with E-state index in [0.717, 1.165) is 5.56 Å². The lowest BCUT2D eigenvalue weighted by molar-refractivity contribution is -0.138. The van der Waals surface area contributed by atoms with Crippen molar-refractivity contribution in [1.29, 1.82) is 0 Å². The molecule has 1 aromatic rings. The summed E-state index contributed by atoms with van der Waals surface area (Å²) in [5, 5.41) is 11.8. The summed E-state index contributed by atoms with van der Waals surface area (Å²) in [6.07, 6.45) is 0.278. The molecule has 1 fully saturated rings. The molecule has 6 nitrogen and oxygen atoms in total. The number of carboxylic acids is 1. The Morgan fingerprint density at radius 2 is 2.04 bits per heavy atom. The van der Waals surface area contributed by atoms with Gasteiger partial charge in [0.2, 0.25) is 11.8 Å². The lowest BCUT2D eigenvalue weighted by atomic mass is 10.0. The number of hydrogen-bond acceptors (Lipinski definition) is 4. The summed E-state index contributed by atoms with van der Waals surface area (Å²) in [6.45, 7) is 1.45. The third-order valence-corrected chi connectivity index (χ3v) is 4.77. The fourth-order valence-electron chi connectivity index (χ4n) is 2.51. The molecule has 7 heteroatoms. The molecule has 0 bridgehead atoms. The van der Waals surface area contributed by atoms with Gasteiger partial charge in [0.1, 0.15) is 6.04 Å². The Hall–Kier alpha value is -2.02. The van der Waals surface area contributed by atoms with Crippen LogP contribution < -0.4 is 5.32 Å². The van der Waals surface area contributed by atoms with E-state index in [9.17, 15) is 14.4 Å². The summed E-state index contributed by atoms with van der Waals surface area (Å²) in [6, 6.07) is 8.42. The maximum atomic E-state index is 12.5. The summed E-state index contributed by atoms with van der Waals surface area (Å²) >= 11 is 1.54. The Labute approximate surface area is 139 Å². The van der Waals surface area contributed by atoms with Crippen molar-refractivity contribution in [3.8, 4) is 0 Å². The van der Waals surface area contributed by atoms with Crippen molar-refractivity contribution < 1.29 is 19.5 Å². The maximum absolute atomic E-state index is 12.5. The SMILES string of the molecule is CC(=O)N1CSC[C@@H]1C(=O)N[C@@H](CCC(=O)O)c1ccccc1. The molecule has 2 amide bonds. The standard InChI is InChI=1S/C16H20N2O4S/c1-11(19)18-10-23-9-14(18)16(22)17-13(7-8-15(20)21)12-5-3-2-4-6-12/h2-6,13-14H,7-10H2,1H3,(H,17,22)(H,20,21)/t13-,14+/m0/s1. The van der Waals surface area contributed by atoms with Crippen LogP contribution in [0.2, 0.25) is 0 Å². The molecule has 0 radical (unpaired) electrons. The van der Waals surface area contributed by atoms with Crippen molar-refractivity contribution in [3.05, 3.63) is 35.9 Å². The first kappa shape index (κ1) is 17.3. The van der Waals surface area contributed by atoms with Crippen LogP contribution in [0.5, 0.6) is 0 Å². The van der Waals surface area contributed by atoms with Gasteiger partial charge in [-0.15, -0.1) is 11.8 Å². The smallest absolute Gasteiger partial charge is 0.303 e. The Morgan fingerprint density at radius 1 is 1.35 bits per heavy atom. The monoisotopic (exact) mass is 336 g/mol. The van der Waals surface area contributed by atoms with E-state index >= 15 is 0 Å². The van der Waals surface area contributed by atoms with E-state index in [4.69, 9.17) is 5.11 Å². The van der Waals surface area contributed by atoms with Crippen LogP contribution in [0.1, 0.15) is 31.4 Å². The van der Waals surface area contributed by atoms with Gasteiger partial charge in [0.15, 0.2) is 0 Å². The number of carbonyl (C=O) groups is 3. The molecule has 0 spiro atoms. The minimum absolute atomic E-state index is 0.0321. The molecule has 23 heavy (non-hydrogen) atoms. The number of nitrogens with zero attached hydrogens (tertiary/aromatic N) is 1. The van der Waals surface area contributed by atoms with E-state index in [-0.39, 0.29) is 24.3 Å². The quantitative estimate of drug-likeness (QED) is 0.824. The molecule has 2 N–H and O–H groups in total. The van der Waals surface area contributed by atoms with E-state index in [1.807, 2.05) is 30.3 Å². The van der Waals surface area contributed by atoms with Gasteiger partial charge in [0.05, 0.1) is 11.9 Å². The van der Waals surface area contributed by atoms with Crippen molar-refractivity contribution in [1.82, 2.24) is 10.2 Å². The first-order valence-corrected chi connectivity index (χ1v) is 8.56. The minimum Gasteiger partial charge on any atom is -0.481 e. The second-order valence-electron chi connectivity index (χ2n) is 5.41. The van der Waals surface area contributed by atoms with Crippen LogP contribution >= 0.6 is 11.8 Å². The molecule has 0 aliphatic carbocycles. The van der Waals surface area contributed by atoms with Gasteiger partial charge in [-0.05, 0) is 12.0 Å². The highest BCUT2D eigenvalue weighted by molar-refractivity contribution is 7.99. The van der Waals surface area contributed by atoms with Crippen molar-refractivity contribution in [2.75, 3.05) is 11.6 Å². The Balaban J connectivity index is 2.09. The molecule has 124 valence electrons. The summed E-state index contributed by atoms with van der Waals surface area (Å²) in [4.78, 5) is 36.5. The van der Waals surface area contributed by atoms with Crippen molar-refractivity contribution in [3.63, 3.8) is 0 Å². The van der Waals surface area contributed by atoms with Gasteiger partial charge in [-0.2, -0.15) is 0 Å². The number of carbonyl (C=O) groups excluding carboxylic acids is 2. The summed E-state index contributed by atoms with van der Waals surface area (Å²) < 4.78 is 0. The Morgan fingerprint density at radius 3 is 2.65 bits per heavy atom. The molecule has 1 heterocycles. The molecule has 1 aliphatic rings. The molecule has 2 atom stereocenters. The molecule has 0 saturated carbocycles. The molecule has 0 unspecified atom stereocenters. The van der Waals surface area contributed by atoms with Crippen molar-refractivity contribution in [2.45, 2.75) is 31.8 Å². The van der Waals surface area contributed by atoms with E-state index in [1.165, 1.54) is 18.7 Å². The van der Waals surface area contributed by atoms with E-state index < -0.39 is 12.0 Å². The topological polar surface area (TPSA) is 86.7 Å². The maximum Gasteiger partial charge on any atom is 0.303 e. The molecule has 1 saturated heterocycles. The third-order valence-electron chi connectivity index (χ3n) is 3.75. The second kappa shape index (κ2) is 8.01. The number of hydrogen-bond donors (Lipinski definition) is 2. The lowest BCUT2D eigenvalue weighted by Gasteiger charge is -2.25. The van der Waals surface area contributed by atoms with E-state index in [0.29, 0.717) is 18.1 Å². The van der Waals surface area contributed by atoms with Crippen LogP contribution in [0.25, 0.3) is 0 Å². The van der Waals surface area contributed by atoms with Gasteiger partial charge in [-0.3, -0.25) is 14.4 Å². The van der Waals surface area contributed by atoms with Crippen LogP contribution in [0, 0.1) is 0 Å². The summed E-state index contributed by atoms with van der Waals surface area (Å²) in [7, 11) is 0. The molecule has 0 aromatic heterocycles. The van der Waals surface area contributed by atoms with E-state index in [2.05, 4.69) is 5.32 Å². The molecule has 1 aliphatic heterocycles. The highest BCUT2D eigenvalue weighted by atomic mass is 32.2. The number of carboxylic acid groups (broad SMARTS) is 1. The molecular weight excluding hydrogens is 316 g/mol. The van der Waals surface area contributed by atoms with E-state index in [1.54, 1.807) is 4.90 Å². The van der Waals surface area contributed by atoms with Gasteiger partial charge in [0.25, 0.3) is 0 Å². The number of benzene rings is 1. The van der Waals surface area contributed by atoms with Crippen LogP contribution in [0.15, 0.2) is 30.3 Å². The first-order valence-electron chi connectivity index (χ1n) is 7.41. The number of thioether (sulfide) groups is 1. The average Bonchev–Trinajstić information content (AvgIpc) is 3.02. The minimum atomic E-state index is -0.901.